The van der Waals surface area contributed by atoms with Crippen LogP contribution in [0, 0.1) is 0 Å². The van der Waals surface area contributed by atoms with Gasteiger partial charge in [0.1, 0.15) is 29.3 Å². The van der Waals surface area contributed by atoms with E-state index in [4.69, 9.17) is 23.9 Å². The smallest absolute Gasteiger partial charge is 0.410 e. The Morgan fingerprint density at radius 3 is 2.68 bits per heavy atom. The number of aromatic nitrogens is 3. The summed E-state index contributed by atoms with van der Waals surface area (Å²) in [5, 5.41) is 12.0. The molecular weight excluding hydrogens is 674 g/mol. The Morgan fingerprint density at radius 1 is 1.18 bits per heavy atom. The van der Waals surface area contributed by atoms with E-state index in [2.05, 4.69) is 21.8 Å². The lowest BCUT2D eigenvalue weighted by Crippen LogP contribution is -2.68. The third-order valence-corrected chi connectivity index (χ3v) is 10.4. The molecule has 13 nitrogen and oxygen atoms in total. The van der Waals surface area contributed by atoms with Gasteiger partial charge in [-0.05, 0) is 49.4 Å². The molecular formula is C34H38F2N6O7S. The second-order valence-electron chi connectivity index (χ2n) is 13.1. The monoisotopic (exact) mass is 712 g/mol. The molecule has 3 aromatic rings. The average molecular weight is 713 g/mol. The van der Waals surface area contributed by atoms with E-state index in [1.165, 1.54) is 16.2 Å². The number of carboxylic acids is 1. The lowest BCUT2D eigenvalue weighted by molar-refractivity contribution is -0.228. The summed E-state index contributed by atoms with van der Waals surface area (Å²) in [6, 6.07) is 5.88. The predicted octanol–water partition coefficient (Wildman–Crippen LogP) is 4.89. The number of hydrogen-bond donors (Lipinski definition) is 1. The first-order valence-corrected chi connectivity index (χ1v) is 17.4. The van der Waals surface area contributed by atoms with Gasteiger partial charge in [0.25, 0.3) is 6.43 Å². The summed E-state index contributed by atoms with van der Waals surface area (Å²) >= 11 is 1.34. The van der Waals surface area contributed by atoms with Gasteiger partial charge in [-0.3, -0.25) is 0 Å². The zero-order valence-corrected chi connectivity index (χ0v) is 28.6. The van der Waals surface area contributed by atoms with Crippen molar-refractivity contribution in [3.63, 3.8) is 0 Å². The Labute approximate surface area is 291 Å². The summed E-state index contributed by atoms with van der Waals surface area (Å²) in [5.41, 5.74) is 2.22. The largest absolute Gasteiger partial charge is 0.480 e. The number of aliphatic carboxylic acids is 1. The molecule has 3 aromatic heterocycles. The third-order valence-electron chi connectivity index (χ3n) is 9.49. The number of pyridine rings is 1. The topological polar surface area (TPSA) is 140 Å². The fourth-order valence-corrected chi connectivity index (χ4v) is 7.46. The maximum absolute atomic E-state index is 13.9. The second kappa shape index (κ2) is 13.7. The van der Waals surface area contributed by atoms with E-state index in [0.717, 1.165) is 11.1 Å². The number of amides is 1. The summed E-state index contributed by atoms with van der Waals surface area (Å²) in [6.07, 6.45) is -0.513. The first-order valence-electron chi connectivity index (χ1n) is 16.5. The first-order chi connectivity index (χ1) is 24.0. The molecule has 0 radical (unpaired) electrons. The average Bonchev–Trinajstić information content (AvgIpc) is 3.86. The summed E-state index contributed by atoms with van der Waals surface area (Å²) in [7, 11) is 0. The highest BCUT2D eigenvalue weighted by molar-refractivity contribution is 7.13. The van der Waals surface area contributed by atoms with Crippen molar-refractivity contribution in [2.45, 2.75) is 63.5 Å². The van der Waals surface area contributed by atoms with E-state index in [9.17, 15) is 23.5 Å². The van der Waals surface area contributed by atoms with Crippen LogP contribution in [0.15, 0.2) is 41.9 Å². The van der Waals surface area contributed by atoms with Gasteiger partial charge >= 0.3 is 12.1 Å². The molecule has 0 aromatic carbocycles. The van der Waals surface area contributed by atoms with Crippen molar-refractivity contribution in [1.82, 2.24) is 19.9 Å². The van der Waals surface area contributed by atoms with Crippen LogP contribution in [0.25, 0.3) is 16.1 Å². The van der Waals surface area contributed by atoms with Crippen LogP contribution < -0.4 is 14.5 Å². The van der Waals surface area contributed by atoms with Crippen molar-refractivity contribution in [3.8, 4) is 16.5 Å². The van der Waals surface area contributed by atoms with Gasteiger partial charge < -0.3 is 38.8 Å². The molecule has 0 bridgehead atoms. The van der Waals surface area contributed by atoms with E-state index < -0.39 is 42.1 Å². The van der Waals surface area contributed by atoms with E-state index >= 15 is 0 Å². The Morgan fingerprint density at radius 2 is 2.00 bits per heavy atom. The number of alkyl halides is 2. The fourth-order valence-electron chi connectivity index (χ4n) is 6.77. The van der Waals surface area contributed by atoms with Crippen LogP contribution in [0.2, 0.25) is 0 Å². The molecule has 1 spiro atoms. The molecule has 4 aliphatic rings. The van der Waals surface area contributed by atoms with E-state index in [1.807, 2.05) is 17.5 Å². The SMILES string of the molecule is CC(C)OC(=O)N1CC=C(c2cnc(O[C@H]3C[C@@H](C(=O)O)N(c4cc(-c5cccs5)nc(C(F)F)n4)C3)c(N3CCOC4(COC4)[C@@H]3C)c2)C1. The number of ether oxygens (including phenoxy) is 4. The van der Waals surface area contributed by atoms with Crippen LogP contribution in [-0.2, 0) is 19.0 Å². The molecule has 1 N–H and O–H groups in total. The molecule has 7 rings (SSSR count). The van der Waals surface area contributed by atoms with E-state index in [1.54, 1.807) is 43.1 Å². The minimum Gasteiger partial charge on any atom is -0.480 e. The Kier molecular flexibility index (Phi) is 9.34. The predicted molar refractivity (Wildman–Crippen MR) is 180 cm³/mol. The first kappa shape index (κ1) is 34.1. The molecule has 7 heterocycles. The minimum absolute atomic E-state index is 0.0646. The maximum atomic E-state index is 13.9. The number of rotatable bonds is 9. The molecule has 0 aliphatic carbocycles. The van der Waals surface area contributed by atoms with E-state index in [0.29, 0.717) is 61.6 Å². The minimum atomic E-state index is -2.94. The zero-order chi connectivity index (χ0) is 35.2. The van der Waals surface area contributed by atoms with Crippen molar-refractivity contribution in [3.05, 3.63) is 53.3 Å². The fraction of sp³-hybridized carbons (Fsp3) is 0.500. The van der Waals surface area contributed by atoms with Crippen LogP contribution in [0.1, 0.15) is 45.0 Å². The zero-order valence-electron chi connectivity index (χ0n) is 27.8. The van der Waals surface area contributed by atoms with Gasteiger partial charge in [-0.25, -0.2) is 33.3 Å². The third kappa shape index (κ3) is 6.58. The number of nitrogens with zero attached hydrogens (tertiary/aromatic N) is 6. The number of thiophene rings is 1. The Balaban J connectivity index is 1.19. The number of anilines is 2. The lowest BCUT2D eigenvalue weighted by Gasteiger charge is -2.53. The van der Waals surface area contributed by atoms with Gasteiger partial charge in [-0.15, -0.1) is 11.3 Å². The molecule has 50 heavy (non-hydrogen) atoms. The Hall–Kier alpha value is -4.41. The van der Waals surface area contributed by atoms with Crippen LogP contribution >= 0.6 is 11.3 Å². The molecule has 3 atom stereocenters. The molecule has 1 amide bonds. The number of carbonyl (C=O) groups excluding carboxylic acids is 1. The number of carbonyl (C=O) groups is 2. The highest BCUT2D eigenvalue weighted by Gasteiger charge is 2.50. The van der Waals surface area contributed by atoms with Crippen molar-refractivity contribution >= 4 is 40.5 Å². The summed E-state index contributed by atoms with van der Waals surface area (Å²) < 4.78 is 51.5. The Bertz CT molecular complexity index is 1770. The molecule has 16 heteroatoms. The van der Waals surface area contributed by atoms with Gasteiger partial charge in [0.15, 0.2) is 5.82 Å². The van der Waals surface area contributed by atoms with Gasteiger partial charge in [0.05, 0.1) is 49.1 Å². The lowest BCUT2D eigenvalue weighted by atomic mass is 9.90. The van der Waals surface area contributed by atoms with Crippen molar-refractivity contribution in [2.75, 3.05) is 55.8 Å². The van der Waals surface area contributed by atoms with Gasteiger partial charge in [0.2, 0.25) is 5.88 Å². The van der Waals surface area contributed by atoms with E-state index in [-0.39, 0.29) is 30.9 Å². The summed E-state index contributed by atoms with van der Waals surface area (Å²) in [5.74, 6) is -1.41. The molecule has 3 fully saturated rings. The highest BCUT2D eigenvalue weighted by Crippen LogP contribution is 2.41. The van der Waals surface area contributed by atoms with Crippen molar-refractivity contribution in [1.29, 1.82) is 0 Å². The molecule has 3 saturated heterocycles. The normalized spacial score (nSPS) is 23.1. The summed E-state index contributed by atoms with van der Waals surface area (Å²) in [6.45, 7) is 8.42. The second-order valence-corrected chi connectivity index (χ2v) is 14.0. The number of carboxylic acid groups (broad SMARTS) is 1. The van der Waals surface area contributed by atoms with Crippen LogP contribution in [0.3, 0.4) is 0 Å². The van der Waals surface area contributed by atoms with Gasteiger partial charge in [-0.2, -0.15) is 0 Å². The number of halogens is 2. The molecule has 266 valence electrons. The standard InChI is InChI=1S/C34H38F2N6O7S/c1-19(2)48-33(45)40-7-6-21(15-40)22-11-25(41-8-9-47-34(20(41)3)17-46-18-34)31(37-14-22)49-23-12-26(32(43)44)42(16-23)28-13-24(27-5-4-10-50-27)38-30(39-28)29(35)36/h4-6,10-11,13-14,19-20,23,26,29H,7-9,12,15-18H2,1-3H3,(H,43,44)/t20-,23-,26-/m0/s1. The maximum Gasteiger partial charge on any atom is 0.410 e. The van der Waals surface area contributed by atoms with Crippen molar-refractivity contribution in [2.24, 2.45) is 0 Å². The highest BCUT2D eigenvalue weighted by atomic mass is 32.1. The molecule has 0 saturated carbocycles. The number of hydrogen-bond acceptors (Lipinski definition) is 12. The number of morpholine rings is 1. The molecule has 0 unspecified atom stereocenters. The van der Waals surface area contributed by atoms with Crippen LogP contribution in [-0.4, -0.2) is 113 Å². The molecule has 4 aliphatic heterocycles. The quantitative estimate of drug-likeness (QED) is 0.323. The van der Waals surface area contributed by atoms with Crippen LogP contribution in [0.5, 0.6) is 5.88 Å². The van der Waals surface area contributed by atoms with Gasteiger partial charge in [0, 0.05) is 38.3 Å². The van der Waals surface area contributed by atoms with Gasteiger partial charge in [-0.1, -0.05) is 12.1 Å². The van der Waals surface area contributed by atoms with Crippen molar-refractivity contribution < 1.29 is 42.4 Å². The van der Waals surface area contributed by atoms with Crippen LogP contribution in [0.4, 0.5) is 25.1 Å². The summed E-state index contributed by atoms with van der Waals surface area (Å²) in [4.78, 5) is 43.9.